The van der Waals surface area contributed by atoms with Crippen LogP contribution in [0.5, 0.6) is 0 Å². The molecular formula is C13H14N6. The standard InChI is InChI=1S/C13H14N6/c1-13(2,8-14)19-12-6-11(16-9-17-12)18-10-4-3-5-15-7-10/h3-7,9H,1-2H3,(H2,16,17,18,19). The van der Waals surface area contributed by atoms with Crippen molar-refractivity contribution in [3.63, 3.8) is 0 Å². The second kappa shape index (κ2) is 5.31. The number of aromatic nitrogens is 3. The van der Waals surface area contributed by atoms with Crippen molar-refractivity contribution in [3.8, 4) is 6.07 Å². The molecule has 2 N–H and O–H groups in total. The summed E-state index contributed by atoms with van der Waals surface area (Å²) in [6.07, 6.45) is 4.84. The molecular weight excluding hydrogens is 240 g/mol. The van der Waals surface area contributed by atoms with Crippen LogP contribution in [-0.4, -0.2) is 20.5 Å². The summed E-state index contributed by atoms with van der Waals surface area (Å²) < 4.78 is 0. The average Bonchev–Trinajstić information content (AvgIpc) is 2.40. The van der Waals surface area contributed by atoms with Gasteiger partial charge in [-0.25, -0.2) is 9.97 Å². The largest absolute Gasteiger partial charge is 0.352 e. The first-order valence-electron chi connectivity index (χ1n) is 5.77. The number of hydrogen-bond donors (Lipinski definition) is 2. The zero-order valence-electron chi connectivity index (χ0n) is 10.8. The van der Waals surface area contributed by atoms with Crippen molar-refractivity contribution in [1.29, 1.82) is 5.26 Å². The molecule has 0 spiro atoms. The Balaban J connectivity index is 2.14. The lowest BCUT2D eigenvalue weighted by molar-refractivity contribution is 0.723. The highest BCUT2D eigenvalue weighted by Crippen LogP contribution is 2.17. The molecule has 19 heavy (non-hydrogen) atoms. The fraction of sp³-hybridized carbons (Fsp3) is 0.231. The Kier molecular flexibility index (Phi) is 3.57. The predicted octanol–water partition coefficient (Wildman–Crippen LogP) is 2.33. The highest BCUT2D eigenvalue weighted by atomic mass is 15.1. The second-order valence-corrected chi connectivity index (χ2v) is 4.52. The van der Waals surface area contributed by atoms with Gasteiger partial charge in [-0.3, -0.25) is 4.98 Å². The van der Waals surface area contributed by atoms with E-state index < -0.39 is 5.54 Å². The van der Waals surface area contributed by atoms with E-state index in [9.17, 15) is 0 Å². The number of rotatable bonds is 4. The van der Waals surface area contributed by atoms with Crippen LogP contribution in [-0.2, 0) is 0 Å². The van der Waals surface area contributed by atoms with E-state index in [0.29, 0.717) is 11.6 Å². The van der Waals surface area contributed by atoms with E-state index in [-0.39, 0.29) is 0 Å². The summed E-state index contributed by atoms with van der Waals surface area (Å²) in [5, 5.41) is 15.1. The number of nitrogens with one attached hydrogen (secondary N) is 2. The van der Waals surface area contributed by atoms with Gasteiger partial charge in [0.2, 0.25) is 0 Å². The van der Waals surface area contributed by atoms with Crippen molar-refractivity contribution in [3.05, 3.63) is 36.9 Å². The van der Waals surface area contributed by atoms with Gasteiger partial charge in [0.15, 0.2) is 0 Å². The molecule has 2 aromatic heterocycles. The molecule has 6 heteroatoms. The molecule has 2 rings (SSSR count). The lowest BCUT2D eigenvalue weighted by Crippen LogP contribution is -2.28. The van der Waals surface area contributed by atoms with Gasteiger partial charge in [-0.1, -0.05) is 0 Å². The van der Waals surface area contributed by atoms with Gasteiger partial charge in [-0.15, -0.1) is 0 Å². The van der Waals surface area contributed by atoms with E-state index in [1.165, 1.54) is 6.33 Å². The van der Waals surface area contributed by atoms with Crippen LogP contribution < -0.4 is 10.6 Å². The lowest BCUT2D eigenvalue weighted by Gasteiger charge is -2.18. The molecule has 0 bridgehead atoms. The molecule has 0 atom stereocenters. The van der Waals surface area contributed by atoms with Crippen molar-refractivity contribution in [2.24, 2.45) is 0 Å². The van der Waals surface area contributed by atoms with Crippen LogP contribution in [0, 0.1) is 11.3 Å². The summed E-state index contributed by atoms with van der Waals surface area (Å²) in [7, 11) is 0. The predicted molar refractivity (Wildman–Crippen MR) is 72.9 cm³/mol. The molecule has 2 aromatic rings. The summed E-state index contributed by atoms with van der Waals surface area (Å²) in [5.41, 5.74) is 0.159. The molecule has 0 amide bonds. The number of hydrogen-bond acceptors (Lipinski definition) is 6. The Hall–Kier alpha value is -2.68. The molecule has 6 nitrogen and oxygen atoms in total. The van der Waals surface area contributed by atoms with Gasteiger partial charge in [0, 0.05) is 12.3 Å². The summed E-state index contributed by atoms with van der Waals surface area (Å²) >= 11 is 0. The summed E-state index contributed by atoms with van der Waals surface area (Å²) in [6, 6.07) is 7.62. The highest BCUT2D eigenvalue weighted by molar-refractivity contribution is 5.58. The van der Waals surface area contributed by atoms with Crippen LogP contribution in [0.2, 0.25) is 0 Å². The van der Waals surface area contributed by atoms with Crippen LogP contribution in [0.15, 0.2) is 36.9 Å². The van der Waals surface area contributed by atoms with Crippen LogP contribution in [0.25, 0.3) is 0 Å². The maximum atomic E-state index is 8.98. The van der Waals surface area contributed by atoms with Crippen LogP contribution in [0.1, 0.15) is 13.8 Å². The minimum Gasteiger partial charge on any atom is -0.352 e. The van der Waals surface area contributed by atoms with Crippen molar-refractivity contribution in [2.45, 2.75) is 19.4 Å². The van der Waals surface area contributed by atoms with Crippen molar-refractivity contribution in [2.75, 3.05) is 10.6 Å². The molecule has 0 radical (unpaired) electrons. The van der Waals surface area contributed by atoms with Crippen molar-refractivity contribution < 1.29 is 0 Å². The molecule has 0 saturated carbocycles. The molecule has 0 aliphatic heterocycles. The van der Waals surface area contributed by atoms with E-state index in [1.807, 2.05) is 12.1 Å². The number of anilines is 3. The van der Waals surface area contributed by atoms with Crippen LogP contribution in [0.3, 0.4) is 0 Å². The smallest absolute Gasteiger partial charge is 0.135 e. The Morgan fingerprint density at radius 3 is 2.74 bits per heavy atom. The normalized spacial score (nSPS) is 10.6. The molecule has 2 heterocycles. The monoisotopic (exact) mass is 254 g/mol. The summed E-state index contributed by atoms with van der Waals surface area (Å²) in [6.45, 7) is 3.56. The van der Waals surface area contributed by atoms with Crippen LogP contribution in [0.4, 0.5) is 17.3 Å². The maximum Gasteiger partial charge on any atom is 0.135 e. The van der Waals surface area contributed by atoms with E-state index in [1.54, 1.807) is 32.3 Å². The minimum atomic E-state index is -0.681. The fourth-order valence-corrected chi connectivity index (χ4v) is 1.43. The average molecular weight is 254 g/mol. The molecule has 0 unspecified atom stereocenters. The van der Waals surface area contributed by atoms with Gasteiger partial charge < -0.3 is 10.6 Å². The SMILES string of the molecule is CC(C)(C#N)Nc1cc(Nc2cccnc2)ncn1. The lowest BCUT2D eigenvalue weighted by atomic mass is 10.1. The molecule has 0 fully saturated rings. The van der Waals surface area contributed by atoms with Gasteiger partial charge in [-0.2, -0.15) is 5.26 Å². The Morgan fingerprint density at radius 1 is 1.26 bits per heavy atom. The quantitative estimate of drug-likeness (QED) is 0.870. The van der Waals surface area contributed by atoms with Gasteiger partial charge in [-0.05, 0) is 26.0 Å². The zero-order valence-corrected chi connectivity index (χ0v) is 10.8. The third-order valence-electron chi connectivity index (χ3n) is 2.32. The summed E-state index contributed by atoms with van der Waals surface area (Å²) in [5.74, 6) is 1.23. The number of nitrogens with zero attached hydrogens (tertiary/aromatic N) is 4. The third kappa shape index (κ3) is 3.64. The summed E-state index contributed by atoms with van der Waals surface area (Å²) in [4.78, 5) is 12.2. The van der Waals surface area contributed by atoms with Crippen molar-refractivity contribution in [1.82, 2.24) is 15.0 Å². The van der Waals surface area contributed by atoms with Gasteiger partial charge in [0.25, 0.3) is 0 Å². The van der Waals surface area contributed by atoms with Gasteiger partial charge >= 0.3 is 0 Å². The zero-order chi connectivity index (χ0) is 13.7. The Morgan fingerprint density at radius 2 is 2.05 bits per heavy atom. The third-order valence-corrected chi connectivity index (χ3v) is 2.32. The fourth-order valence-electron chi connectivity index (χ4n) is 1.43. The molecule has 0 aliphatic rings. The number of pyridine rings is 1. The molecule has 96 valence electrons. The topological polar surface area (TPSA) is 86.5 Å². The Bertz CT molecular complexity index is 588. The Labute approximate surface area is 111 Å². The highest BCUT2D eigenvalue weighted by Gasteiger charge is 2.16. The first kappa shape index (κ1) is 12.8. The van der Waals surface area contributed by atoms with Gasteiger partial charge in [0.05, 0.1) is 18.0 Å². The van der Waals surface area contributed by atoms with Gasteiger partial charge in [0.1, 0.15) is 23.5 Å². The van der Waals surface area contributed by atoms with Crippen molar-refractivity contribution >= 4 is 17.3 Å². The second-order valence-electron chi connectivity index (χ2n) is 4.52. The van der Waals surface area contributed by atoms with Crippen LogP contribution >= 0.6 is 0 Å². The van der Waals surface area contributed by atoms with E-state index >= 15 is 0 Å². The van der Waals surface area contributed by atoms with E-state index in [4.69, 9.17) is 5.26 Å². The molecule has 0 aliphatic carbocycles. The van der Waals surface area contributed by atoms with E-state index in [0.717, 1.165) is 5.69 Å². The molecule has 0 aromatic carbocycles. The maximum absolute atomic E-state index is 8.98. The number of nitriles is 1. The first-order chi connectivity index (χ1) is 9.09. The van der Waals surface area contributed by atoms with E-state index in [2.05, 4.69) is 31.7 Å². The minimum absolute atomic E-state index is 0.591. The first-order valence-corrected chi connectivity index (χ1v) is 5.77. The molecule has 0 saturated heterocycles.